The molecule has 2 rings (SSSR count). The summed E-state index contributed by atoms with van der Waals surface area (Å²) in [5.41, 5.74) is 0.800. The van der Waals surface area contributed by atoms with Crippen LogP contribution in [0.25, 0.3) is 5.70 Å². The fourth-order valence-corrected chi connectivity index (χ4v) is 0.972. The van der Waals surface area contributed by atoms with E-state index in [1.807, 2.05) is 0 Å². The standard InChI is InChI=1S/C6H6N4OS/c12-10-9-4-6(11-10)5-3-7-1-2-8-5/h1-4,7-8H. The minimum Gasteiger partial charge on any atom is -0.364 e. The Bertz CT molecular complexity index is 343. The first-order chi connectivity index (χ1) is 5.86. The molecular weight excluding hydrogens is 176 g/mol. The van der Waals surface area contributed by atoms with E-state index in [4.69, 9.17) is 4.52 Å². The lowest BCUT2D eigenvalue weighted by atomic mass is 10.3. The molecule has 0 bridgehead atoms. The molecule has 0 aromatic carbocycles. The fourth-order valence-electron chi connectivity index (χ4n) is 0.844. The molecule has 6 heteroatoms. The van der Waals surface area contributed by atoms with E-state index in [-0.39, 0.29) is 0 Å². The monoisotopic (exact) mass is 182 g/mol. The van der Waals surface area contributed by atoms with Crippen LogP contribution < -0.4 is 14.9 Å². The molecule has 0 fully saturated rings. The average molecular weight is 182 g/mol. The van der Waals surface area contributed by atoms with Gasteiger partial charge in [0.1, 0.15) is 11.9 Å². The molecular formula is C6H6N4OS. The zero-order valence-corrected chi connectivity index (χ0v) is 6.84. The Hall–Kier alpha value is -1.56. The van der Waals surface area contributed by atoms with E-state index < -0.39 is 0 Å². The summed E-state index contributed by atoms with van der Waals surface area (Å²) in [6.07, 6.45) is 6.83. The third-order valence-corrected chi connectivity index (χ3v) is 1.53. The van der Waals surface area contributed by atoms with Gasteiger partial charge in [-0.3, -0.25) is 0 Å². The minimum atomic E-state index is 0.599. The number of hydrogen-bond acceptors (Lipinski definition) is 5. The second-order valence-corrected chi connectivity index (χ2v) is 2.45. The summed E-state index contributed by atoms with van der Waals surface area (Å²) in [6, 6.07) is 0. The van der Waals surface area contributed by atoms with Crippen molar-refractivity contribution in [1.29, 1.82) is 0 Å². The molecule has 12 heavy (non-hydrogen) atoms. The van der Waals surface area contributed by atoms with Gasteiger partial charge in [-0.25, -0.2) is 4.52 Å². The summed E-state index contributed by atoms with van der Waals surface area (Å²) in [5.74, 6) is 0.599. The molecule has 0 saturated carbocycles. The van der Waals surface area contributed by atoms with Gasteiger partial charge >= 0.3 is 0 Å². The summed E-state index contributed by atoms with van der Waals surface area (Å²) in [5, 5.41) is 9.60. The van der Waals surface area contributed by atoms with Crippen LogP contribution in [0.2, 0.25) is 0 Å². The van der Waals surface area contributed by atoms with Gasteiger partial charge in [0.25, 0.3) is 5.76 Å². The van der Waals surface area contributed by atoms with Crippen molar-refractivity contribution in [3.8, 4) is 0 Å². The number of nitrogens with one attached hydrogen (secondary N) is 2. The molecule has 1 aromatic heterocycles. The second kappa shape index (κ2) is 2.82. The van der Waals surface area contributed by atoms with Crippen molar-refractivity contribution in [3.05, 3.63) is 30.6 Å². The fraction of sp³-hybridized carbons (Fsp3) is 0. The van der Waals surface area contributed by atoms with Crippen LogP contribution in [0.1, 0.15) is 5.76 Å². The molecule has 0 radical (unpaired) electrons. The van der Waals surface area contributed by atoms with E-state index in [2.05, 4.69) is 28.5 Å². The van der Waals surface area contributed by atoms with Gasteiger partial charge in [-0.05, 0) is 0 Å². The summed E-state index contributed by atoms with van der Waals surface area (Å²) in [7, 11) is 0. The van der Waals surface area contributed by atoms with E-state index in [1.54, 1.807) is 24.8 Å². The highest BCUT2D eigenvalue weighted by Crippen LogP contribution is 2.07. The van der Waals surface area contributed by atoms with Crippen molar-refractivity contribution in [2.24, 2.45) is 0 Å². The average Bonchev–Trinajstić information content (AvgIpc) is 2.54. The van der Waals surface area contributed by atoms with E-state index in [0.717, 1.165) is 9.96 Å². The molecule has 2 heterocycles. The molecule has 0 aliphatic carbocycles. The van der Waals surface area contributed by atoms with Crippen molar-refractivity contribution in [1.82, 2.24) is 15.7 Å². The molecule has 0 amide bonds. The molecule has 0 atom stereocenters. The van der Waals surface area contributed by atoms with E-state index in [9.17, 15) is 0 Å². The number of nitrogens with zero attached hydrogens (tertiary/aromatic N) is 2. The van der Waals surface area contributed by atoms with Gasteiger partial charge in [-0.15, -0.1) is 0 Å². The Labute approximate surface area is 74.3 Å². The Morgan fingerprint density at radius 1 is 1.50 bits per heavy atom. The summed E-state index contributed by atoms with van der Waals surface area (Å²) in [4.78, 5) is 0. The van der Waals surface area contributed by atoms with Gasteiger partial charge < -0.3 is 23.4 Å². The van der Waals surface area contributed by atoms with Crippen molar-refractivity contribution >= 4 is 18.5 Å². The van der Waals surface area contributed by atoms with Gasteiger partial charge in [0.15, 0.2) is 0 Å². The normalized spacial score (nSPS) is 14.8. The van der Waals surface area contributed by atoms with Crippen molar-refractivity contribution < 1.29 is 8.78 Å². The molecule has 0 saturated heterocycles. The third-order valence-electron chi connectivity index (χ3n) is 1.36. The predicted molar refractivity (Wildman–Crippen MR) is 42.8 cm³/mol. The number of rotatable bonds is 1. The number of hydrogen-bond donors (Lipinski definition) is 2. The Morgan fingerprint density at radius 3 is 3.00 bits per heavy atom. The van der Waals surface area contributed by atoms with Crippen molar-refractivity contribution in [2.45, 2.75) is 0 Å². The molecule has 5 nitrogen and oxygen atoms in total. The molecule has 0 unspecified atom stereocenters. The second-order valence-electron chi connectivity index (χ2n) is 2.14. The minimum absolute atomic E-state index is 0.599. The first-order valence-electron chi connectivity index (χ1n) is 3.30. The highest BCUT2D eigenvalue weighted by Gasteiger charge is 2.10. The molecule has 1 aromatic rings. The van der Waals surface area contributed by atoms with Crippen LogP contribution in [0.3, 0.4) is 0 Å². The van der Waals surface area contributed by atoms with Crippen LogP contribution in [0.5, 0.6) is 0 Å². The first-order valence-corrected chi connectivity index (χ1v) is 3.67. The van der Waals surface area contributed by atoms with Crippen molar-refractivity contribution in [3.63, 3.8) is 0 Å². The van der Waals surface area contributed by atoms with Crippen LogP contribution in [0.15, 0.2) is 29.3 Å². The zero-order valence-electron chi connectivity index (χ0n) is 6.02. The molecule has 62 valence electrons. The lowest BCUT2D eigenvalue weighted by Crippen LogP contribution is -2.26. The Balaban J connectivity index is 2.25. The topological polar surface area (TPSA) is 54.0 Å². The van der Waals surface area contributed by atoms with Crippen LogP contribution in [0.4, 0.5) is 0 Å². The molecule has 0 spiro atoms. The van der Waals surface area contributed by atoms with Crippen LogP contribution in [-0.4, -0.2) is 5.10 Å². The maximum Gasteiger partial charge on any atom is 0.254 e. The van der Waals surface area contributed by atoms with Crippen LogP contribution >= 0.6 is 0 Å². The largest absolute Gasteiger partial charge is 0.364 e. The van der Waals surface area contributed by atoms with Gasteiger partial charge in [-0.1, -0.05) is 0 Å². The number of aromatic nitrogens is 2. The highest BCUT2D eigenvalue weighted by atomic mass is 32.1. The Morgan fingerprint density at radius 2 is 2.42 bits per heavy atom. The van der Waals surface area contributed by atoms with E-state index in [0.29, 0.717) is 5.76 Å². The quantitative estimate of drug-likeness (QED) is 0.441. The van der Waals surface area contributed by atoms with Crippen molar-refractivity contribution in [2.75, 3.05) is 0 Å². The zero-order chi connectivity index (χ0) is 8.39. The highest BCUT2D eigenvalue weighted by molar-refractivity contribution is 7.50. The lowest BCUT2D eigenvalue weighted by Gasteiger charge is -2.05. The van der Waals surface area contributed by atoms with Crippen LogP contribution in [0, 0.1) is 0 Å². The predicted octanol–water partition coefficient (Wildman–Crippen LogP) is -0.766. The summed E-state index contributed by atoms with van der Waals surface area (Å²) >= 11 is 4.65. The van der Waals surface area contributed by atoms with Gasteiger partial charge in [0.05, 0.1) is 0 Å². The first kappa shape index (κ1) is 7.11. The van der Waals surface area contributed by atoms with Crippen LogP contribution in [-0.2, 0) is 12.8 Å². The molecule has 2 N–H and O–H groups in total. The Kier molecular flexibility index (Phi) is 1.67. The van der Waals surface area contributed by atoms with Gasteiger partial charge in [0, 0.05) is 28.0 Å². The summed E-state index contributed by atoms with van der Waals surface area (Å²) < 4.78 is 6.02. The SMILES string of the molecule is [S-][n+]1ncc(C2=CNC=CN2)o1. The van der Waals surface area contributed by atoms with E-state index >= 15 is 0 Å². The lowest BCUT2D eigenvalue weighted by molar-refractivity contribution is -0.753. The van der Waals surface area contributed by atoms with Gasteiger partial charge in [0.2, 0.25) is 0 Å². The van der Waals surface area contributed by atoms with E-state index in [1.165, 1.54) is 0 Å². The smallest absolute Gasteiger partial charge is 0.254 e. The molecule has 1 aliphatic rings. The maximum absolute atomic E-state index is 5.04. The van der Waals surface area contributed by atoms with Gasteiger partial charge in [-0.2, -0.15) is 0 Å². The molecule has 1 aliphatic heterocycles. The summed E-state index contributed by atoms with van der Waals surface area (Å²) in [6.45, 7) is 0. The third kappa shape index (κ3) is 1.24. The maximum atomic E-state index is 5.04.